The monoisotopic (exact) mass is 222 g/mol. The molecule has 0 N–H and O–H groups in total. The van der Waals surface area contributed by atoms with E-state index in [-0.39, 0.29) is 11.3 Å². The Morgan fingerprint density at radius 1 is 1.38 bits per heavy atom. The van der Waals surface area contributed by atoms with Crippen LogP contribution in [0.3, 0.4) is 0 Å². The summed E-state index contributed by atoms with van der Waals surface area (Å²) in [5.74, 6) is -0.661. The second kappa shape index (κ2) is 4.31. The van der Waals surface area contributed by atoms with E-state index in [0.29, 0.717) is 0 Å². The third-order valence-electron chi connectivity index (χ3n) is 2.17. The summed E-state index contributed by atoms with van der Waals surface area (Å²) < 4.78 is 51.8. The van der Waals surface area contributed by atoms with E-state index in [1.807, 2.05) is 0 Å². The fourth-order valence-electron chi connectivity index (χ4n) is 1.40. The molecule has 3 heteroatoms. The zero-order valence-electron chi connectivity index (χ0n) is 13.3. The first-order valence-electron chi connectivity index (χ1n) is 7.13. The lowest BCUT2D eigenvalue weighted by molar-refractivity contribution is 0.616. The molecule has 0 unspecified atom stereocenters. The standard InChI is InChI=1S/C13H12FNO/c1-2-10-7-8-13(16)15(9-10)12-6-4-3-5-11(12)14/h3-9H,2H2,1H3/i1D3,2D2. The molecule has 0 atom stereocenters. The number of para-hydroxylation sites is 1. The van der Waals surface area contributed by atoms with Crippen molar-refractivity contribution in [3.05, 3.63) is 64.3 Å². The van der Waals surface area contributed by atoms with Crippen LogP contribution in [0.15, 0.2) is 47.4 Å². The molecule has 2 rings (SSSR count). The molecule has 0 amide bonds. The molecule has 0 bridgehead atoms. The number of benzene rings is 1. The molecule has 1 aromatic carbocycles. The van der Waals surface area contributed by atoms with Crippen LogP contribution in [0.5, 0.6) is 0 Å². The third kappa shape index (κ3) is 1.89. The van der Waals surface area contributed by atoms with Crippen LogP contribution in [0, 0.1) is 5.82 Å². The zero-order valence-corrected chi connectivity index (χ0v) is 8.27. The summed E-state index contributed by atoms with van der Waals surface area (Å²) in [6.45, 7) is -2.90. The number of aryl methyl sites for hydroxylation is 1. The number of pyridine rings is 1. The van der Waals surface area contributed by atoms with Crippen LogP contribution in [-0.4, -0.2) is 4.57 Å². The number of hydrogen-bond donors (Lipinski definition) is 0. The average Bonchev–Trinajstić information content (AvgIpc) is 2.38. The van der Waals surface area contributed by atoms with Crippen LogP contribution >= 0.6 is 0 Å². The lowest BCUT2D eigenvalue weighted by atomic mass is 10.2. The Bertz CT molecular complexity index is 723. The maximum absolute atomic E-state index is 13.8. The van der Waals surface area contributed by atoms with Crippen LogP contribution in [0.4, 0.5) is 4.39 Å². The van der Waals surface area contributed by atoms with E-state index in [4.69, 9.17) is 6.85 Å². The van der Waals surface area contributed by atoms with Crippen LogP contribution in [0.1, 0.15) is 19.3 Å². The minimum atomic E-state index is -2.90. The molecule has 0 fully saturated rings. The fourth-order valence-corrected chi connectivity index (χ4v) is 1.40. The van der Waals surface area contributed by atoms with Gasteiger partial charge in [0.15, 0.2) is 0 Å². The largest absolute Gasteiger partial charge is 0.281 e. The van der Waals surface area contributed by atoms with Gasteiger partial charge in [0, 0.05) is 19.1 Å². The summed E-state index contributed by atoms with van der Waals surface area (Å²) >= 11 is 0. The van der Waals surface area contributed by atoms with E-state index in [1.165, 1.54) is 18.2 Å². The van der Waals surface area contributed by atoms with Crippen molar-refractivity contribution in [3.8, 4) is 5.69 Å². The van der Waals surface area contributed by atoms with Crippen molar-refractivity contribution in [2.45, 2.75) is 13.2 Å². The highest BCUT2D eigenvalue weighted by Gasteiger charge is 2.05. The van der Waals surface area contributed by atoms with E-state index in [0.717, 1.165) is 29.0 Å². The van der Waals surface area contributed by atoms with E-state index in [9.17, 15) is 9.18 Å². The van der Waals surface area contributed by atoms with Crippen LogP contribution in [-0.2, 0) is 6.37 Å². The number of nitrogens with zero attached hydrogens (tertiary/aromatic N) is 1. The van der Waals surface area contributed by atoms with Crippen molar-refractivity contribution in [1.82, 2.24) is 4.57 Å². The molecule has 1 aromatic heterocycles. The molecule has 0 spiro atoms. The van der Waals surface area contributed by atoms with Gasteiger partial charge in [-0.3, -0.25) is 9.36 Å². The Hall–Kier alpha value is -1.90. The minimum Gasteiger partial charge on any atom is -0.281 e. The Morgan fingerprint density at radius 2 is 2.19 bits per heavy atom. The van der Waals surface area contributed by atoms with Gasteiger partial charge in [-0.25, -0.2) is 4.39 Å². The zero-order chi connectivity index (χ0) is 15.8. The number of halogens is 1. The summed E-state index contributed by atoms with van der Waals surface area (Å²) in [7, 11) is 0. The van der Waals surface area contributed by atoms with Crippen molar-refractivity contribution < 1.29 is 11.2 Å². The molecule has 2 nitrogen and oxygen atoms in total. The highest BCUT2D eigenvalue weighted by molar-refractivity contribution is 5.34. The van der Waals surface area contributed by atoms with E-state index in [2.05, 4.69) is 0 Å². The quantitative estimate of drug-likeness (QED) is 0.765. The Kier molecular flexibility index (Phi) is 1.61. The predicted molar refractivity (Wildman–Crippen MR) is 61.4 cm³/mol. The Balaban J connectivity index is 2.64. The predicted octanol–water partition coefficient (Wildman–Crippen LogP) is 2.54. The first-order valence-corrected chi connectivity index (χ1v) is 4.63. The van der Waals surface area contributed by atoms with Crippen molar-refractivity contribution >= 4 is 0 Å². The Morgan fingerprint density at radius 3 is 2.94 bits per heavy atom. The van der Waals surface area contributed by atoms with Gasteiger partial charge in [-0.05, 0) is 24.1 Å². The smallest absolute Gasteiger partial charge is 0.255 e. The number of rotatable bonds is 2. The molecular weight excluding hydrogens is 205 g/mol. The topological polar surface area (TPSA) is 22.0 Å². The lowest BCUT2D eigenvalue weighted by Crippen LogP contribution is -2.18. The Labute approximate surface area is 100.0 Å². The number of hydrogen-bond acceptors (Lipinski definition) is 1. The molecule has 82 valence electrons. The van der Waals surface area contributed by atoms with Crippen LogP contribution in [0.25, 0.3) is 5.69 Å². The summed E-state index contributed by atoms with van der Waals surface area (Å²) in [4.78, 5) is 11.8. The normalized spacial score (nSPS) is 16.7. The summed E-state index contributed by atoms with van der Waals surface area (Å²) in [5.41, 5.74) is -0.860. The van der Waals surface area contributed by atoms with Crippen molar-refractivity contribution in [1.29, 1.82) is 0 Å². The first kappa shape index (κ1) is 5.99. The van der Waals surface area contributed by atoms with Gasteiger partial charge in [0.25, 0.3) is 5.56 Å². The van der Waals surface area contributed by atoms with Crippen LogP contribution < -0.4 is 5.56 Å². The van der Waals surface area contributed by atoms with Crippen molar-refractivity contribution in [2.24, 2.45) is 0 Å². The van der Waals surface area contributed by atoms with Gasteiger partial charge in [-0.2, -0.15) is 0 Å². The minimum absolute atomic E-state index is 0.0642. The lowest BCUT2D eigenvalue weighted by Gasteiger charge is -2.07. The van der Waals surface area contributed by atoms with Gasteiger partial charge in [0.2, 0.25) is 0 Å². The van der Waals surface area contributed by atoms with Gasteiger partial charge < -0.3 is 0 Å². The SMILES string of the molecule is [2H]C([2H])([2H])C([2H])([2H])c1ccc(=O)n(-c2ccccc2F)c1. The van der Waals surface area contributed by atoms with Gasteiger partial charge in [-0.1, -0.05) is 25.1 Å². The first-order chi connectivity index (χ1) is 9.64. The fraction of sp³-hybridized carbons (Fsp3) is 0.154. The van der Waals surface area contributed by atoms with Gasteiger partial charge in [0.1, 0.15) is 5.82 Å². The van der Waals surface area contributed by atoms with Crippen molar-refractivity contribution in [3.63, 3.8) is 0 Å². The highest BCUT2D eigenvalue weighted by Crippen LogP contribution is 2.11. The summed E-state index contributed by atoms with van der Waals surface area (Å²) in [6.07, 6.45) is -1.62. The third-order valence-corrected chi connectivity index (χ3v) is 2.17. The highest BCUT2D eigenvalue weighted by atomic mass is 19.1. The molecule has 2 aromatic rings. The van der Waals surface area contributed by atoms with Crippen LogP contribution in [0.2, 0.25) is 0 Å². The molecule has 0 aliphatic carbocycles. The second-order valence-corrected chi connectivity index (χ2v) is 3.20. The summed E-state index contributed by atoms with van der Waals surface area (Å²) in [6, 6.07) is 7.61. The molecule has 0 radical (unpaired) electrons. The summed E-state index contributed by atoms with van der Waals surface area (Å²) in [5, 5.41) is 0. The molecule has 0 aliphatic heterocycles. The maximum Gasteiger partial charge on any atom is 0.255 e. The molecule has 0 saturated heterocycles. The van der Waals surface area contributed by atoms with Gasteiger partial charge in [-0.15, -0.1) is 0 Å². The molecular formula is C13H12FNO. The molecule has 0 aliphatic rings. The second-order valence-electron chi connectivity index (χ2n) is 3.20. The van der Waals surface area contributed by atoms with E-state index >= 15 is 0 Å². The van der Waals surface area contributed by atoms with Crippen molar-refractivity contribution in [2.75, 3.05) is 0 Å². The van der Waals surface area contributed by atoms with Gasteiger partial charge in [0.05, 0.1) is 5.69 Å². The van der Waals surface area contributed by atoms with E-state index < -0.39 is 24.6 Å². The molecule has 1 heterocycles. The average molecular weight is 222 g/mol. The number of aromatic nitrogens is 1. The van der Waals surface area contributed by atoms with Gasteiger partial charge >= 0.3 is 0 Å². The molecule has 0 saturated carbocycles. The maximum atomic E-state index is 13.8. The van der Waals surface area contributed by atoms with E-state index in [1.54, 1.807) is 0 Å². The molecule has 16 heavy (non-hydrogen) atoms.